The van der Waals surface area contributed by atoms with Crippen molar-refractivity contribution in [2.24, 2.45) is 11.8 Å². The van der Waals surface area contributed by atoms with Crippen LogP contribution < -0.4 is 5.32 Å². The Labute approximate surface area is 116 Å². The van der Waals surface area contributed by atoms with E-state index in [0.29, 0.717) is 12.1 Å². The number of thiophene rings is 1. The first-order chi connectivity index (χ1) is 8.66. The molecule has 18 heavy (non-hydrogen) atoms. The van der Waals surface area contributed by atoms with Crippen LogP contribution in [0.1, 0.15) is 63.8 Å². The average Bonchev–Trinajstić information content (AvgIpc) is 3.00. The topological polar surface area (TPSA) is 12.0 Å². The number of hydrogen-bond acceptors (Lipinski definition) is 2. The lowest BCUT2D eigenvalue weighted by molar-refractivity contribution is 0.390. The third kappa shape index (κ3) is 4.40. The van der Waals surface area contributed by atoms with Gasteiger partial charge in [-0.25, -0.2) is 0 Å². The smallest absolute Gasteiger partial charge is 0.0445 e. The Kier molecular flexibility index (Phi) is 5.25. The third-order valence-electron chi connectivity index (χ3n) is 3.83. The van der Waals surface area contributed by atoms with Crippen LogP contribution in [0.25, 0.3) is 0 Å². The van der Waals surface area contributed by atoms with Crippen molar-refractivity contribution in [3.8, 4) is 0 Å². The maximum Gasteiger partial charge on any atom is 0.0445 e. The van der Waals surface area contributed by atoms with Crippen LogP contribution in [0, 0.1) is 11.8 Å². The molecule has 0 amide bonds. The molecule has 1 fully saturated rings. The van der Waals surface area contributed by atoms with Gasteiger partial charge in [-0.1, -0.05) is 32.8 Å². The van der Waals surface area contributed by atoms with Crippen molar-refractivity contribution < 1.29 is 0 Å². The normalized spacial score (nSPS) is 19.1. The van der Waals surface area contributed by atoms with Gasteiger partial charge in [0.25, 0.3) is 0 Å². The van der Waals surface area contributed by atoms with Gasteiger partial charge in [-0.2, -0.15) is 0 Å². The summed E-state index contributed by atoms with van der Waals surface area (Å²) in [6.07, 6.45) is 6.85. The van der Waals surface area contributed by atoms with Gasteiger partial charge >= 0.3 is 0 Å². The molecule has 0 spiro atoms. The van der Waals surface area contributed by atoms with Crippen LogP contribution >= 0.6 is 11.3 Å². The molecule has 0 saturated heterocycles. The second kappa shape index (κ2) is 6.72. The maximum atomic E-state index is 3.87. The maximum absolute atomic E-state index is 3.87. The summed E-state index contributed by atoms with van der Waals surface area (Å²) in [7, 11) is 0. The second-order valence-corrected chi connectivity index (χ2v) is 7.20. The van der Waals surface area contributed by atoms with Crippen LogP contribution in [0.15, 0.2) is 17.5 Å². The Hall–Kier alpha value is -0.340. The largest absolute Gasteiger partial charge is 0.306 e. The van der Waals surface area contributed by atoms with Crippen molar-refractivity contribution in [1.82, 2.24) is 5.32 Å². The summed E-state index contributed by atoms with van der Waals surface area (Å²) in [6.45, 7) is 6.98. The highest BCUT2D eigenvalue weighted by Crippen LogP contribution is 2.42. The lowest BCUT2D eigenvalue weighted by Gasteiger charge is -2.22. The zero-order chi connectivity index (χ0) is 13.0. The summed E-state index contributed by atoms with van der Waals surface area (Å²) in [5.41, 5.74) is 0. The fraction of sp³-hybridized carbons (Fsp3) is 0.750. The first kappa shape index (κ1) is 14.1. The van der Waals surface area contributed by atoms with E-state index in [1.165, 1.54) is 37.0 Å². The summed E-state index contributed by atoms with van der Waals surface area (Å²) >= 11 is 1.91. The SMILES string of the molecule is CC(C)CCCC(C)NC(c1cccs1)C1CC1. The van der Waals surface area contributed by atoms with E-state index in [-0.39, 0.29) is 0 Å². The summed E-state index contributed by atoms with van der Waals surface area (Å²) in [5, 5.41) is 6.07. The van der Waals surface area contributed by atoms with Gasteiger partial charge in [0.15, 0.2) is 0 Å². The van der Waals surface area contributed by atoms with Gasteiger partial charge in [0.05, 0.1) is 0 Å². The molecule has 2 atom stereocenters. The van der Waals surface area contributed by atoms with Crippen LogP contribution in [-0.2, 0) is 0 Å². The quantitative estimate of drug-likeness (QED) is 0.697. The third-order valence-corrected chi connectivity index (χ3v) is 4.78. The highest BCUT2D eigenvalue weighted by atomic mass is 32.1. The molecule has 0 aromatic carbocycles. The van der Waals surface area contributed by atoms with Crippen molar-refractivity contribution in [2.45, 2.75) is 65.0 Å². The van der Waals surface area contributed by atoms with Gasteiger partial charge in [-0.3, -0.25) is 0 Å². The summed E-state index contributed by atoms with van der Waals surface area (Å²) < 4.78 is 0. The molecule has 1 saturated carbocycles. The number of nitrogens with one attached hydrogen (secondary N) is 1. The Bertz CT molecular complexity index is 327. The molecule has 0 bridgehead atoms. The molecule has 1 aliphatic carbocycles. The van der Waals surface area contributed by atoms with E-state index in [2.05, 4.69) is 43.6 Å². The Balaban J connectivity index is 1.78. The zero-order valence-corrected chi connectivity index (χ0v) is 12.8. The minimum absolute atomic E-state index is 0.624. The molecule has 1 heterocycles. The fourth-order valence-electron chi connectivity index (χ4n) is 2.57. The minimum Gasteiger partial charge on any atom is -0.306 e. The molecular formula is C16H27NS. The predicted molar refractivity (Wildman–Crippen MR) is 81.1 cm³/mol. The lowest BCUT2D eigenvalue weighted by atomic mass is 10.0. The molecule has 1 aliphatic rings. The molecule has 2 rings (SSSR count). The van der Waals surface area contributed by atoms with Gasteiger partial charge in [0, 0.05) is 17.0 Å². The monoisotopic (exact) mass is 265 g/mol. The molecule has 1 N–H and O–H groups in total. The highest BCUT2D eigenvalue weighted by molar-refractivity contribution is 7.10. The van der Waals surface area contributed by atoms with Crippen molar-refractivity contribution in [3.05, 3.63) is 22.4 Å². The van der Waals surface area contributed by atoms with Gasteiger partial charge in [-0.15, -0.1) is 11.3 Å². The predicted octanol–water partition coefficient (Wildman–Crippen LogP) is 5.00. The van der Waals surface area contributed by atoms with Gasteiger partial charge in [-0.05, 0) is 49.5 Å². The van der Waals surface area contributed by atoms with Gasteiger partial charge in [0.2, 0.25) is 0 Å². The van der Waals surface area contributed by atoms with E-state index < -0.39 is 0 Å². The molecule has 2 unspecified atom stereocenters. The lowest BCUT2D eigenvalue weighted by Crippen LogP contribution is -2.31. The van der Waals surface area contributed by atoms with Crippen LogP contribution in [0.3, 0.4) is 0 Å². The Morgan fingerprint density at radius 1 is 1.28 bits per heavy atom. The zero-order valence-electron chi connectivity index (χ0n) is 12.0. The number of rotatable bonds is 8. The van der Waals surface area contributed by atoms with E-state index in [9.17, 15) is 0 Å². The van der Waals surface area contributed by atoms with Crippen molar-refractivity contribution >= 4 is 11.3 Å². The standard InChI is InChI=1S/C16H27NS/c1-12(2)6-4-7-13(3)17-16(14-9-10-14)15-8-5-11-18-15/h5,8,11-14,16-17H,4,6-7,9-10H2,1-3H3. The van der Waals surface area contributed by atoms with E-state index >= 15 is 0 Å². The molecule has 102 valence electrons. The summed E-state index contributed by atoms with van der Waals surface area (Å²) in [6, 6.07) is 5.75. The van der Waals surface area contributed by atoms with Gasteiger partial charge < -0.3 is 5.32 Å². The molecule has 1 nitrogen and oxygen atoms in total. The molecule has 0 aliphatic heterocycles. The van der Waals surface area contributed by atoms with E-state index in [4.69, 9.17) is 0 Å². The number of hydrogen-bond donors (Lipinski definition) is 1. The van der Waals surface area contributed by atoms with Crippen molar-refractivity contribution in [3.63, 3.8) is 0 Å². The van der Waals surface area contributed by atoms with Crippen LogP contribution in [-0.4, -0.2) is 6.04 Å². The van der Waals surface area contributed by atoms with E-state index in [0.717, 1.165) is 11.8 Å². The van der Waals surface area contributed by atoms with Crippen LogP contribution in [0.2, 0.25) is 0 Å². The first-order valence-electron chi connectivity index (χ1n) is 7.46. The first-order valence-corrected chi connectivity index (χ1v) is 8.34. The van der Waals surface area contributed by atoms with E-state index in [1.807, 2.05) is 11.3 Å². The average molecular weight is 265 g/mol. The van der Waals surface area contributed by atoms with Crippen LogP contribution in [0.4, 0.5) is 0 Å². The second-order valence-electron chi connectivity index (χ2n) is 6.22. The molecule has 0 radical (unpaired) electrons. The molecule has 1 aromatic rings. The minimum atomic E-state index is 0.624. The molecule has 2 heteroatoms. The highest BCUT2D eigenvalue weighted by Gasteiger charge is 2.33. The Morgan fingerprint density at radius 2 is 2.06 bits per heavy atom. The Morgan fingerprint density at radius 3 is 2.61 bits per heavy atom. The molecule has 1 aromatic heterocycles. The van der Waals surface area contributed by atoms with Crippen molar-refractivity contribution in [2.75, 3.05) is 0 Å². The van der Waals surface area contributed by atoms with Crippen molar-refractivity contribution in [1.29, 1.82) is 0 Å². The van der Waals surface area contributed by atoms with Crippen LogP contribution in [0.5, 0.6) is 0 Å². The van der Waals surface area contributed by atoms with Gasteiger partial charge in [0.1, 0.15) is 0 Å². The summed E-state index contributed by atoms with van der Waals surface area (Å²) in [4.78, 5) is 1.54. The van der Waals surface area contributed by atoms with E-state index in [1.54, 1.807) is 0 Å². The molecular weight excluding hydrogens is 238 g/mol. The fourth-order valence-corrected chi connectivity index (χ4v) is 3.45. The summed E-state index contributed by atoms with van der Waals surface area (Å²) in [5.74, 6) is 1.74.